The van der Waals surface area contributed by atoms with Gasteiger partial charge in [0, 0.05) is 48.7 Å². The Morgan fingerprint density at radius 3 is 1.34 bits per heavy atom. The quantitative estimate of drug-likeness (QED) is 0.118. The van der Waals surface area contributed by atoms with Crippen molar-refractivity contribution in [1.82, 2.24) is 4.57 Å². The molecule has 1 aliphatic carbocycles. The maximum Gasteiger partial charge on any atom is 0.0541 e. The second-order valence-corrected chi connectivity index (χ2v) is 21.7. The van der Waals surface area contributed by atoms with Gasteiger partial charge in [0.1, 0.15) is 0 Å². The Morgan fingerprint density at radius 2 is 0.818 bits per heavy atom. The number of hydrogen-bond acceptors (Lipinski definition) is 2. The minimum Gasteiger partial charge on any atom is -0.315 e. The van der Waals surface area contributed by atoms with Crippen molar-refractivity contribution in [3.63, 3.8) is 0 Å². The number of anilines is 2. The van der Waals surface area contributed by atoms with E-state index < -0.39 is 0 Å². The average Bonchev–Trinajstić information content (AvgIpc) is 4.37. The molecule has 3 heteroatoms. The number of hydrogen-bond donors (Lipinski definition) is 0. The molecular formula is C74H56N2S. The molecule has 0 aliphatic heterocycles. The van der Waals surface area contributed by atoms with Gasteiger partial charge in [0.15, 0.2) is 0 Å². The molecule has 0 N–H and O–H groups in total. The van der Waals surface area contributed by atoms with Gasteiger partial charge in [-0.05, 0) is 170 Å². The van der Waals surface area contributed by atoms with Crippen molar-refractivity contribution in [2.75, 3.05) is 4.90 Å². The molecule has 10 aromatic carbocycles. The topological polar surface area (TPSA) is 8.17 Å². The molecule has 12 aromatic rings. The largest absolute Gasteiger partial charge is 0.315 e. The number of fused-ring (bicyclic) bond motifs is 4. The molecular weight excluding hydrogens is 949 g/mol. The van der Waals surface area contributed by atoms with E-state index in [4.69, 9.17) is 0 Å². The molecule has 2 heterocycles. The maximum atomic E-state index is 4.43. The lowest BCUT2D eigenvalue weighted by atomic mass is 9.80. The highest BCUT2D eigenvalue weighted by Crippen LogP contribution is 2.50. The summed E-state index contributed by atoms with van der Waals surface area (Å²) in [6.07, 6.45) is 4.45. The second-order valence-electron chi connectivity index (χ2n) is 20.6. The summed E-state index contributed by atoms with van der Waals surface area (Å²) in [5, 5.41) is 2.46. The molecule has 0 radical (unpaired) electrons. The Hall–Kier alpha value is -9.28. The number of rotatable bonds is 12. The van der Waals surface area contributed by atoms with Crippen molar-refractivity contribution in [1.29, 1.82) is 0 Å². The molecule has 0 bridgehead atoms. The normalized spacial score (nSPS) is 13.1. The van der Waals surface area contributed by atoms with E-state index in [0.29, 0.717) is 0 Å². The molecule has 0 atom stereocenters. The average molecular weight is 1010 g/mol. The van der Waals surface area contributed by atoms with Crippen LogP contribution in [0.2, 0.25) is 0 Å². The third-order valence-corrected chi connectivity index (χ3v) is 16.8. The van der Waals surface area contributed by atoms with Crippen LogP contribution in [-0.2, 0) is 5.41 Å². The number of aromatic nitrogens is 1. The molecule has 2 aromatic heterocycles. The van der Waals surface area contributed by atoms with Gasteiger partial charge in [-0.15, -0.1) is 11.3 Å². The van der Waals surface area contributed by atoms with Gasteiger partial charge in [0.05, 0.1) is 11.0 Å². The molecule has 368 valence electrons. The standard InChI is InChI=1S/C74H56N2S/c1-5-64-65-41-34-60(49-69(65)74(3,4)68(64)46-50(2)75(62-37-30-53(31-38-62)51-18-10-6-11-19-51)63-39-32-54(33-40-63)52-20-12-7-13-21-52)59-36-43-71-67(48-59)66-47-58(35-42-70(66)76(71)61-24-16-9-17-25-61)55-26-28-57(29-27-55)73-45-44-72(77-73)56-22-14-8-15-23-56/h5-49H,1H2,2-4H3/b50-46+. The lowest BCUT2D eigenvalue weighted by Crippen LogP contribution is -2.19. The van der Waals surface area contributed by atoms with Crippen molar-refractivity contribution in [2.45, 2.75) is 26.2 Å². The van der Waals surface area contributed by atoms with Gasteiger partial charge in [0.2, 0.25) is 0 Å². The fraction of sp³-hybridized carbons (Fsp3) is 0.0541. The van der Waals surface area contributed by atoms with Crippen molar-refractivity contribution < 1.29 is 0 Å². The van der Waals surface area contributed by atoms with E-state index in [9.17, 15) is 0 Å². The summed E-state index contributed by atoms with van der Waals surface area (Å²) in [7, 11) is 0. The lowest BCUT2D eigenvalue weighted by Gasteiger charge is -2.29. The number of thiophene rings is 1. The van der Waals surface area contributed by atoms with Crippen LogP contribution >= 0.6 is 11.3 Å². The molecule has 0 unspecified atom stereocenters. The van der Waals surface area contributed by atoms with E-state index >= 15 is 0 Å². The predicted molar refractivity (Wildman–Crippen MR) is 330 cm³/mol. The van der Waals surface area contributed by atoms with Gasteiger partial charge in [-0.1, -0.05) is 208 Å². The van der Waals surface area contributed by atoms with E-state index in [1.165, 1.54) is 109 Å². The summed E-state index contributed by atoms with van der Waals surface area (Å²) in [5.41, 5.74) is 23.5. The van der Waals surface area contributed by atoms with E-state index in [1.807, 2.05) is 11.3 Å². The van der Waals surface area contributed by atoms with Gasteiger partial charge >= 0.3 is 0 Å². The molecule has 0 saturated carbocycles. The monoisotopic (exact) mass is 1000 g/mol. The van der Waals surface area contributed by atoms with Gasteiger partial charge < -0.3 is 9.47 Å². The van der Waals surface area contributed by atoms with E-state index in [1.54, 1.807) is 0 Å². The third-order valence-electron chi connectivity index (χ3n) is 15.6. The smallest absolute Gasteiger partial charge is 0.0541 e. The first-order valence-electron chi connectivity index (χ1n) is 26.5. The first kappa shape index (κ1) is 47.4. The van der Waals surface area contributed by atoms with Crippen LogP contribution in [0.4, 0.5) is 11.4 Å². The first-order valence-corrected chi connectivity index (χ1v) is 27.3. The fourth-order valence-electron chi connectivity index (χ4n) is 11.6. The minimum atomic E-state index is -0.318. The molecule has 0 fully saturated rings. The van der Waals surface area contributed by atoms with Crippen LogP contribution in [0.5, 0.6) is 0 Å². The molecule has 13 rings (SSSR count). The SMILES string of the molecule is C=CC1=C(/C=C(\C)N(c2ccc(-c3ccccc3)cc2)c2ccc(-c3ccccc3)cc2)C(C)(C)c2cc(-c3ccc4c(c3)c3cc(-c5ccc(-c6ccc(-c7ccccc7)s6)cc5)ccc3n4-c3ccccc3)ccc21. The zero-order valence-corrected chi connectivity index (χ0v) is 44.3. The summed E-state index contributed by atoms with van der Waals surface area (Å²) in [4.78, 5) is 4.94. The summed E-state index contributed by atoms with van der Waals surface area (Å²) >= 11 is 1.84. The van der Waals surface area contributed by atoms with Crippen molar-refractivity contribution in [3.05, 3.63) is 302 Å². The highest BCUT2D eigenvalue weighted by Gasteiger charge is 2.36. The summed E-state index contributed by atoms with van der Waals surface area (Å²) in [6, 6.07) is 95.1. The Kier molecular flexibility index (Phi) is 12.2. The molecule has 1 aliphatic rings. The Labute approximate surface area is 456 Å². The highest BCUT2D eigenvalue weighted by atomic mass is 32.1. The number of nitrogens with zero attached hydrogens (tertiary/aromatic N) is 2. The second kappa shape index (κ2) is 19.8. The summed E-state index contributed by atoms with van der Waals surface area (Å²) in [6.45, 7) is 11.4. The van der Waals surface area contributed by atoms with Crippen LogP contribution in [0, 0.1) is 0 Å². The molecule has 0 saturated heterocycles. The third kappa shape index (κ3) is 8.75. The fourth-order valence-corrected chi connectivity index (χ4v) is 12.6. The van der Waals surface area contributed by atoms with E-state index in [0.717, 1.165) is 22.8 Å². The van der Waals surface area contributed by atoms with Gasteiger partial charge in [0.25, 0.3) is 0 Å². The number of benzene rings is 10. The predicted octanol–water partition coefficient (Wildman–Crippen LogP) is 20.8. The maximum absolute atomic E-state index is 4.43. The van der Waals surface area contributed by atoms with Gasteiger partial charge in [-0.25, -0.2) is 0 Å². The lowest BCUT2D eigenvalue weighted by molar-refractivity contribution is 0.653. The zero-order chi connectivity index (χ0) is 52.0. The van der Waals surface area contributed by atoms with Crippen LogP contribution in [-0.4, -0.2) is 4.57 Å². The zero-order valence-electron chi connectivity index (χ0n) is 43.5. The molecule has 2 nitrogen and oxygen atoms in total. The van der Waals surface area contributed by atoms with Crippen molar-refractivity contribution >= 4 is 50.1 Å². The Morgan fingerprint density at radius 1 is 0.429 bits per heavy atom. The molecule has 0 amide bonds. The summed E-state index contributed by atoms with van der Waals surface area (Å²) < 4.78 is 2.41. The molecule has 77 heavy (non-hydrogen) atoms. The Bertz CT molecular complexity index is 4110. The first-order chi connectivity index (χ1) is 37.8. The molecule has 0 spiro atoms. The van der Waals surface area contributed by atoms with E-state index in [-0.39, 0.29) is 5.41 Å². The van der Waals surface area contributed by atoms with Crippen LogP contribution in [0.3, 0.4) is 0 Å². The Balaban J connectivity index is 0.855. The van der Waals surface area contributed by atoms with Crippen LogP contribution in [0.15, 0.2) is 291 Å². The van der Waals surface area contributed by atoms with E-state index in [2.05, 4.69) is 310 Å². The van der Waals surface area contributed by atoms with Gasteiger partial charge in [-0.3, -0.25) is 0 Å². The van der Waals surface area contributed by atoms with Gasteiger partial charge in [-0.2, -0.15) is 0 Å². The van der Waals surface area contributed by atoms with Crippen molar-refractivity contribution in [3.8, 4) is 71.1 Å². The minimum absolute atomic E-state index is 0.318. The van der Waals surface area contributed by atoms with Crippen LogP contribution in [0.1, 0.15) is 31.9 Å². The summed E-state index contributed by atoms with van der Waals surface area (Å²) in [5.74, 6) is 0. The van der Waals surface area contributed by atoms with Crippen molar-refractivity contribution in [2.24, 2.45) is 0 Å². The number of para-hydroxylation sites is 1. The van der Waals surface area contributed by atoms with Crippen LogP contribution in [0.25, 0.3) is 98.5 Å². The highest BCUT2D eigenvalue weighted by molar-refractivity contribution is 7.18. The number of allylic oxidation sites excluding steroid dienone is 5. The van der Waals surface area contributed by atoms with Crippen LogP contribution < -0.4 is 4.90 Å².